The molecule has 0 unspecified atom stereocenters. The van der Waals surface area contributed by atoms with Gasteiger partial charge in [0.05, 0.1) is 23.2 Å². The summed E-state index contributed by atoms with van der Waals surface area (Å²) in [5, 5.41) is 29.3. The molecule has 0 bridgehead atoms. The third-order valence-corrected chi connectivity index (χ3v) is 2.32. The van der Waals surface area contributed by atoms with E-state index in [1.54, 1.807) is 13.8 Å². The van der Waals surface area contributed by atoms with Crippen molar-refractivity contribution < 1.29 is 20.1 Å². The number of hydrogen-bond acceptors (Lipinski definition) is 4. The lowest BCUT2D eigenvalue weighted by atomic mass is 10.0. The minimum Gasteiger partial charge on any atom is -0.394 e. The van der Waals surface area contributed by atoms with E-state index in [4.69, 9.17) is 15.3 Å². The summed E-state index contributed by atoms with van der Waals surface area (Å²) in [6, 6.07) is 0. The van der Waals surface area contributed by atoms with Gasteiger partial charge in [-0.1, -0.05) is 22.6 Å². The molecule has 0 aromatic rings. The van der Waals surface area contributed by atoms with E-state index in [-0.39, 0.29) is 5.91 Å². The number of carbonyl (C=O) groups is 1. The normalized spacial score (nSPS) is 12.7. The largest absolute Gasteiger partial charge is 0.394 e. The lowest BCUT2D eigenvalue weighted by molar-refractivity contribution is -0.126. The summed E-state index contributed by atoms with van der Waals surface area (Å²) in [4.78, 5) is 11.5. The van der Waals surface area contributed by atoms with Crippen molar-refractivity contribution in [1.82, 2.24) is 5.32 Å². The summed E-state index contributed by atoms with van der Waals surface area (Å²) in [5.41, 5.74) is -1.33. The van der Waals surface area contributed by atoms with Crippen LogP contribution >= 0.6 is 22.6 Å². The number of nitrogens with one attached hydrogen (secondary N) is 1. The summed E-state index contributed by atoms with van der Waals surface area (Å²) >= 11 is 1.93. The van der Waals surface area contributed by atoms with Crippen LogP contribution in [0.5, 0.6) is 0 Å². The predicted octanol–water partition coefficient (Wildman–Crippen LogP) is -0.968. The maximum atomic E-state index is 11.5. The van der Waals surface area contributed by atoms with Crippen LogP contribution in [0.25, 0.3) is 0 Å². The number of aliphatic hydroxyl groups excluding tert-OH is 3. The van der Waals surface area contributed by atoms with Crippen molar-refractivity contribution >= 4 is 28.5 Å². The van der Waals surface area contributed by atoms with E-state index in [1.807, 2.05) is 22.6 Å². The minimum absolute atomic E-state index is 0.338. The van der Waals surface area contributed by atoms with Gasteiger partial charge < -0.3 is 20.6 Å². The van der Waals surface area contributed by atoms with Crippen molar-refractivity contribution in [3.05, 3.63) is 0 Å². The monoisotopic (exact) mass is 317 g/mol. The minimum atomic E-state index is -1.33. The van der Waals surface area contributed by atoms with Crippen LogP contribution in [0.2, 0.25) is 0 Å². The third-order valence-electron chi connectivity index (χ3n) is 1.83. The summed E-state index contributed by atoms with van der Waals surface area (Å²) in [6.45, 7) is 1.88. The summed E-state index contributed by atoms with van der Waals surface area (Å²) < 4.78 is -0.650. The van der Waals surface area contributed by atoms with E-state index >= 15 is 0 Å². The molecule has 0 aliphatic carbocycles. The summed E-state index contributed by atoms with van der Waals surface area (Å²) in [6.07, 6.45) is 0. The zero-order valence-electron chi connectivity index (χ0n) is 8.25. The molecule has 0 fully saturated rings. The number of hydrogen-bond donors (Lipinski definition) is 4. The molecule has 6 heteroatoms. The van der Waals surface area contributed by atoms with Crippen molar-refractivity contribution in [2.45, 2.75) is 22.8 Å². The third kappa shape index (κ3) is 3.68. The first-order chi connectivity index (χ1) is 6.31. The van der Waals surface area contributed by atoms with Crippen LogP contribution in [0.3, 0.4) is 0 Å². The van der Waals surface area contributed by atoms with Gasteiger partial charge in [0.2, 0.25) is 5.91 Å². The first-order valence-corrected chi connectivity index (χ1v) is 5.23. The molecule has 0 aromatic heterocycles. The second-order valence-electron chi connectivity index (χ2n) is 3.68. The Morgan fingerprint density at radius 2 is 1.57 bits per heavy atom. The average Bonchev–Trinajstić information content (AvgIpc) is 2.12. The first-order valence-electron chi connectivity index (χ1n) is 4.15. The number of rotatable bonds is 5. The molecule has 0 saturated carbocycles. The van der Waals surface area contributed by atoms with Gasteiger partial charge in [-0.15, -0.1) is 0 Å². The van der Waals surface area contributed by atoms with Gasteiger partial charge >= 0.3 is 0 Å². The Labute approximate surface area is 96.6 Å². The van der Waals surface area contributed by atoms with Crippen LogP contribution in [0, 0.1) is 0 Å². The first kappa shape index (κ1) is 14.1. The highest BCUT2D eigenvalue weighted by molar-refractivity contribution is 14.1. The fraction of sp³-hybridized carbons (Fsp3) is 0.875. The summed E-state index contributed by atoms with van der Waals surface area (Å²) in [7, 11) is 0. The molecule has 0 saturated heterocycles. The van der Waals surface area contributed by atoms with Crippen LogP contribution in [0.4, 0.5) is 0 Å². The highest BCUT2D eigenvalue weighted by Gasteiger charge is 2.34. The Bertz CT molecular complexity index is 190. The average molecular weight is 317 g/mol. The fourth-order valence-electron chi connectivity index (χ4n) is 0.658. The topological polar surface area (TPSA) is 89.8 Å². The molecular weight excluding hydrogens is 301 g/mol. The molecule has 0 heterocycles. The molecule has 1 amide bonds. The van der Waals surface area contributed by atoms with Crippen LogP contribution in [-0.2, 0) is 4.79 Å². The number of alkyl halides is 1. The fourth-order valence-corrected chi connectivity index (χ4v) is 0.793. The molecule has 0 aliphatic heterocycles. The number of halogens is 1. The van der Waals surface area contributed by atoms with Crippen LogP contribution in [0.1, 0.15) is 13.8 Å². The Balaban J connectivity index is 4.54. The van der Waals surface area contributed by atoms with E-state index in [1.165, 1.54) is 0 Å². The quantitative estimate of drug-likeness (QED) is 0.388. The molecule has 0 rings (SSSR count). The SMILES string of the molecule is CC(C)(I)C(=O)NC(CO)(CO)CO. The Hall–Kier alpha value is 0.0800. The standard InChI is InChI=1S/C8H16INO4/c1-7(2,9)6(14)10-8(3-11,4-12)5-13/h11-13H,3-5H2,1-2H3,(H,10,14). The smallest absolute Gasteiger partial charge is 0.236 e. The molecule has 0 spiro atoms. The predicted molar refractivity (Wildman–Crippen MR) is 60.2 cm³/mol. The number of amides is 1. The molecule has 0 radical (unpaired) electrons. The van der Waals surface area contributed by atoms with E-state index in [0.717, 1.165) is 0 Å². The van der Waals surface area contributed by atoms with Gasteiger partial charge in [-0.2, -0.15) is 0 Å². The highest BCUT2D eigenvalue weighted by Crippen LogP contribution is 2.18. The Morgan fingerprint density at radius 3 is 1.79 bits per heavy atom. The lowest BCUT2D eigenvalue weighted by Gasteiger charge is -2.31. The van der Waals surface area contributed by atoms with Crippen molar-refractivity contribution in [3.8, 4) is 0 Å². The van der Waals surface area contributed by atoms with Crippen molar-refractivity contribution in [3.63, 3.8) is 0 Å². The van der Waals surface area contributed by atoms with Gasteiger partial charge in [0.15, 0.2) is 0 Å². The molecule has 84 valence electrons. The zero-order valence-corrected chi connectivity index (χ0v) is 10.4. The molecule has 0 aliphatic rings. The maximum absolute atomic E-state index is 11.5. The van der Waals surface area contributed by atoms with E-state index in [9.17, 15) is 4.79 Å². The van der Waals surface area contributed by atoms with E-state index in [2.05, 4.69) is 5.32 Å². The Morgan fingerprint density at radius 1 is 1.21 bits per heavy atom. The maximum Gasteiger partial charge on any atom is 0.236 e. The zero-order chi connectivity index (χ0) is 11.4. The summed E-state index contributed by atoms with van der Waals surface area (Å²) in [5.74, 6) is -0.338. The molecular formula is C8H16INO4. The van der Waals surface area contributed by atoms with Gasteiger partial charge in [0.1, 0.15) is 5.54 Å². The van der Waals surface area contributed by atoms with Gasteiger partial charge in [-0.25, -0.2) is 0 Å². The second kappa shape index (κ2) is 5.24. The van der Waals surface area contributed by atoms with Gasteiger partial charge in [-0.05, 0) is 13.8 Å². The molecule has 0 atom stereocenters. The lowest BCUT2D eigenvalue weighted by Crippen LogP contribution is -2.59. The van der Waals surface area contributed by atoms with Gasteiger partial charge in [-0.3, -0.25) is 4.79 Å². The van der Waals surface area contributed by atoms with Crippen LogP contribution < -0.4 is 5.32 Å². The molecule has 0 aromatic carbocycles. The van der Waals surface area contributed by atoms with Gasteiger partial charge in [0, 0.05) is 0 Å². The molecule has 4 N–H and O–H groups in total. The van der Waals surface area contributed by atoms with Crippen molar-refractivity contribution in [2.75, 3.05) is 19.8 Å². The van der Waals surface area contributed by atoms with E-state index in [0.29, 0.717) is 0 Å². The number of aliphatic hydroxyl groups is 3. The second-order valence-corrected chi connectivity index (χ2v) is 6.38. The number of carbonyl (C=O) groups excluding carboxylic acids is 1. The van der Waals surface area contributed by atoms with E-state index < -0.39 is 28.8 Å². The Kier molecular flexibility index (Phi) is 5.27. The van der Waals surface area contributed by atoms with Crippen LogP contribution in [0.15, 0.2) is 0 Å². The van der Waals surface area contributed by atoms with Crippen molar-refractivity contribution in [2.24, 2.45) is 0 Å². The highest BCUT2D eigenvalue weighted by atomic mass is 127. The van der Waals surface area contributed by atoms with Gasteiger partial charge in [0.25, 0.3) is 0 Å². The molecule has 5 nitrogen and oxygen atoms in total. The van der Waals surface area contributed by atoms with Crippen molar-refractivity contribution in [1.29, 1.82) is 0 Å². The molecule has 14 heavy (non-hydrogen) atoms. The van der Waals surface area contributed by atoms with Crippen LogP contribution in [-0.4, -0.2) is 50.0 Å².